The van der Waals surface area contributed by atoms with Crippen molar-refractivity contribution in [2.45, 2.75) is 38.8 Å². The molecule has 1 aliphatic carbocycles. The fourth-order valence-electron chi connectivity index (χ4n) is 2.89. The molecule has 1 saturated carbocycles. The van der Waals surface area contributed by atoms with Crippen LogP contribution in [-0.2, 0) is 9.53 Å². The van der Waals surface area contributed by atoms with Crippen LogP contribution in [0, 0.1) is 13.8 Å². The zero-order chi connectivity index (χ0) is 16.0. The fourth-order valence-corrected chi connectivity index (χ4v) is 4.03. The summed E-state index contributed by atoms with van der Waals surface area (Å²) in [7, 11) is 0. The van der Waals surface area contributed by atoms with E-state index in [0.29, 0.717) is 19.2 Å². The van der Waals surface area contributed by atoms with Crippen molar-refractivity contribution in [3.05, 3.63) is 23.3 Å². The van der Waals surface area contributed by atoms with Crippen molar-refractivity contribution in [1.82, 2.24) is 10.3 Å². The van der Waals surface area contributed by atoms with Gasteiger partial charge >= 0.3 is 0 Å². The Kier molecular flexibility index (Phi) is 3.73. The number of nitrogens with one attached hydrogen (secondary N) is 1. The van der Waals surface area contributed by atoms with Gasteiger partial charge in [0.25, 0.3) is 5.91 Å². The summed E-state index contributed by atoms with van der Waals surface area (Å²) in [5.74, 6) is 0.0191. The third-order valence-corrected chi connectivity index (χ3v) is 5.74. The normalized spacial score (nSPS) is 21.7. The third-order valence-electron chi connectivity index (χ3n) is 4.48. The number of fused-ring (bicyclic) bond motifs is 1. The second kappa shape index (κ2) is 5.76. The topological polar surface area (TPSA) is 54.5 Å². The van der Waals surface area contributed by atoms with Gasteiger partial charge in [-0.05, 0) is 37.8 Å². The number of aromatic nitrogens is 1. The minimum atomic E-state index is -0.390. The number of carbonyl (C=O) groups excluding carboxylic acids is 1. The highest BCUT2D eigenvalue weighted by Crippen LogP contribution is 2.33. The summed E-state index contributed by atoms with van der Waals surface area (Å²) in [4.78, 5) is 19.2. The number of anilines is 1. The Morgan fingerprint density at radius 1 is 1.35 bits per heavy atom. The Morgan fingerprint density at radius 2 is 2.13 bits per heavy atom. The maximum atomic E-state index is 12.2. The average molecular weight is 331 g/mol. The first kappa shape index (κ1) is 14.9. The van der Waals surface area contributed by atoms with Crippen LogP contribution in [0.5, 0.6) is 0 Å². The smallest absolute Gasteiger partial charge is 0.251 e. The van der Waals surface area contributed by atoms with Gasteiger partial charge in [-0.2, -0.15) is 0 Å². The molecule has 1 N–H and O–H groups in total. The first-order valence-electron chi connectivity index (χ1n) is 8.15. The zero-order valence-corrected chi connectivity index (χ0v) is 14.3. The molecule has 1 aromatic carbocycles. The number of nitrogens with zero attached hydrogens (tertiary/aromatic N) is 2. The predicted octanol–water partition coefficient (Wildman–Crippen LogP) is 2.40. The third kappa shape index (κ3) is 2.93. The van der Waals surface area contributed by atoms with Crippen molar-refractivity contribution in [3.63, 3.8) is 0 Å². The minimum absolute atomic E-state index is 0.0191. The van der Waals surface area contributed by atoms with E-state index in [4.69, 9.17) is 9.72 Å². The summed E-state index contributed by atoms with van der Waals surface area (Å²) in [6.45, 7) is 6.14. The van der Waals surface area contributed by atoms with Gasteiger partial charge in [-0.3, -0.25) is 4.79 Å². The predicted molar refractivity (Wildman–Crippen MR) is 92.2 cm³/mol. The van der Waals surface area contributed by atoms with Crippen molar-refractivity contribution in [3.8, 4) is 0 Å². The van der Waals surface area contributed by atoms with Crippen molar-refractivity contribution in [1.29, 1.82) is 0 Å². The zero-order valence-electron chi connectivity index (χ0n) is 13.5. The van der Waals surface area contributed by atoms with Crippen LogP contribution in [0.4, 0.5) is 5.13 Å². The van der Waals surface area contributed by atoms with Crippen LogP contribution in [0.25, 0.3) is 10.2 Å². The highest BCUT2D eigenvalue weighted by atomic mass is 32.1. The Balaban J connectivity index is 1.56. The van der Waals surface area contributed by atoms with Crippen LogP contribution < -0.4 is 10.2 Å². The van der Waals surface area contributed by atoms with Gasteiger partial charge in [0.1, 0.15) is 0 Å². The number of hydrogen-bond acceptors (Lipinski definition) is 5. The maximum Gasteiger partial charge on any atom is 0.251 e. The molecule has 23 heavy (non-hydrogen) atoms. The molecule has 2 aliphatic rings. The Morgan fingerprint density at radius 3 is 2.87 bits per heavy atom. The Bertz CT molecular complexity index is 715. The maximum absolute atomic E-state index is 12.2. The molecule has 5 nitrogen and oxygen atoms in total. The molecule has 4 rings (SSSR count). The van der Waals surface area contributed by atoms with Crippen LogP contribution in [-0.4, -0.2) is 42.7 Å². The van der Waals surface area contributed by atoms with Crippen LogP contribution in [0.1, 0.15) is 24.0 Å². The van der Waals surface area contributed by atoms with Gasteiger partial charge in [-0.15, -0.1) is 0 Å². The molecule has 1 aliphatic heterocycles. The number of rotatable bonds is 3. The van der Waals surface area contributed by atoms with E-state index in [1.54, 1.807) is 11.3 Å². The summed E-state index contributed by atoms with van der Waals surface area (Å²) in [5, 5.41) is 4.02. The number of benzene rings is 1. The Labute approximate surface area is 139 Å². The lowest BCUT2D eigenvalue weighted by Gasteiger charge is -2.31. The first-order valence-corrected chi connectivity index (χ1v) is 8.97. The van der Waals surface area contributed by atoms with Gasteiger partial charge in [0.15, 0.2) is 11.2 Å². The van der Waals surface area contributed by atoms with E-state index >= 15 is 0 Å². The molecule has 2 fully saturated rings. The number of thiazole rings is 1. The number of amides is 1. The number of morpholine rings is 1. The van der Waals surface area contributed by atoms with Crippen molar-refractivity contribution >= 4 is 32.6 Å². The van der Waals surface area contributed by atoms with Gasteiger partial charge in [0.05, 0.1) is 23.4 Å². The molecule has 1 saturated heterocycles. The number of carbonyl (C=O) groups is 1. The number of aryl methyl sites for hydroxylation is 2. The van der Waals surface area contributed by atoms with Crippen molar-refractivity contribution < 1.29 is 9.53 Å². The second-order valence-corrected chi connectivity index (χ2v) is 7.44. The standard InChI is InChI=1S/C17H21N3O2S/c1-10-3-4-11(2)15-14(10)19-17(23-15)20-7-8-22-13(9-20)16(21)18-12-5-6-12/h3-4,12-13H,5-9H2,1-2H3,(H,18,21). The summed E-state index contributed by atoms with van der Waals surface area (Å²) in [6.07, 6.45) is 1.80. The molecule has 0 radical (unpaired) electrons. The van der Waals surface area contributed by atoms with Crippen molar-refractivity contribution in [2.75, 3.05) is 24.6 Å². The lowest BCUT2D eigenvalue weighted by molar-refractivity contribution is -0.133. The second-order valence-electron chi connectivity index (χ2n) is 6.46. The monoisotopic (exact) mass is 331 g/mol. The SMILES string of the molecule is Cc1ccc(C)c2sc(N3CCOC(C(=O)NC4CC4)C3)nc12. The summed E-state index contributed by atoms with van der Waals surface area (Å²) < 4.78 is 6.91. The number of ether oxygens (including phenoxy) is 1. The largest absolute Gasteiger partial charge is 0.365 e. The van der Waals surface area contributed by atoms with Crippen LogP contribution >= 0.6 is 11.3 Å². The molecule has 6 heteroatoms. The highest BCUT2D eigenvalue weighted by Gasteiger charge is 2.32. The quantitative estimate of drug-likeness (QED) is 0.938. The minimum Gasteiger partial charge on any atom is -0.365 e. The van der Waals surface area contributed by atoms with Crippen LogP contribution in [0.15, 0.2) is 12.1 Å². The molecule has 1 unspecified atom stereocenters. The van der Waals surface area contributed by atoms with E-state index < -0.39 is 6.10 Å². The van der Waals surface area contributed by atoms with Gasteiger partial charge in [-0.25, -0.2) is 4.98 Å². The molecule has 2 heterocycles. The highest BCUT2D eigenvalue weighted by molar-refractivity contribution is 7.22. The molecule has 0 spiro atoms. The van der Waals surface area contributed by atoms with E-state index in [1.807, 2.05) is 0 Å². The number of hydrogen-bond donors (Lipinski definition) is 1. The van der Waals surface area contributed by atoms with E-state index in [9.17, 15) is 4.79 Å². The Hall–Kier alpha value is -1.66. The van der Waals surface area contributed by atoms with Crippen LogP contribution in [0.3, 0.4) is 0 Å². The molecular formula is C17H21N3O2S. The average Bonchev–Trinajstić information content (AvgIpc) is 3.25. The molecule has 2 aromatic rings. The summed E-state index contributed by atoms with van der Waals surface area (Å²) in [6, 6.07) is 4.63. The van der Waals surface area contributed by atoms with E-state index in [0.717, 1.165) is 30.0 Å². The lowest BCUT2D eigenvalue weighted by atomic mass is 10.1. The molecular weight excluding hydrogens is 310 g/mol. The van der Waals surface area contributed by atoms with Gasteiger partial charge < -0.3 is 15.0 Å². The molecule has 0 bridgehead atoms. The first-order chi connectivity index (χ1) is 11.1. The summed E-state index contributed by atoms with van der Waals surface area (Å²) >= 11 is 1.71. The van der Waals surface area contributed by atoms with E-state index in [-0.39, 0.29) is 5.91 Å². The molecule has 1 amide bonds. The van der Waals surface area contributed by atoms with Gasteiger partial charge in [-0.1, -0.05) is 23.5 Å². The van der Waals surface area contributed by atoms with Gasteiger partial charge in [0, 0.05) is 12.6 Å². The van der Waals surface area contributed by atoms with E-state index in [2.05, 4.69) is 36.2 Å². The van der Waals surface area contributed by atoms with Crippen molar-refractivity contribution in [2.24, 2.45) is 0 Å². The molecule has 122 valence electrons. The molecule has 1 atom stereocenters. The van der Waals surface area contributed by atoms with Gasteiger partial charge in [0.2, 0.25) is 0 Å². The fraction of sp³-hybridized carbons (Fsp3) is 0.529. The van der Waals surface area contributed by atoms with E-state index in [1.165, 1.54) is 15.8 Å². The summed E-state index contributed by atoms with van der Waals surface area (Å²) in [5.41, 5.74) is 3.53. The lowest BCUT2D eigenvalue weighted by Crippen LogP contribution is -2.50. The van der Waals surface area contributed by atoms with Crippen LogP contribution in [0.2, 0.25) is 0 Å². The molecule has 1 aromatic heterocycles.